The van der Waals surface area contributed by atoms with Crippen molar-refractivity contribution in [2.45, 2.75) is 40.4 Å². The largest absolute Gasteiger partial charge is 0.331 e. The molecule has 5 nitrogen and oxygen atoms in total. The Kier molecular flexibility index (Phi) is 3.64. The Morgan fingerprint density at radius 1 is 1.44 bits per heavy atom. The summed E-state index contributed by atoms with van der Waals surface area (Å²) in [4.78, 5) is 16.4. The maximum atomic E-state index is 11.1. The highest BCUT2D eigenvalue weighted by Gasteiger charge is 2.37. The zero-order valence-corrected chi connectivity index (χ0v) is 11.9. The van der Waals surface area contributed by atoms with Crippen LogP contribution in [0.3, 0.4) is 0 Å². The van der Waals surface area contributed by atoms with Gasteiger partial charge >= 0.3 is 5.97 Å². The van der Waals surface area contributed by atoms with Crippen LogP contribution in [-0.2, 0) is 9.63 Å². The molecule has 0 amide bonds. The molecule has 0 spiro atoms. The van der Waals surface area contributed by atoms with Crippen molar-refractivity contribution in [2.24, 2.45) is 0 Å². The van der Waals surface area contributed by atoms with Crippen LogP contribution in [0.4, 0.5) is 0 Å². The van der Waals surface area contributed by atoms with E-state index in [0.717, 1.165) is 17.6 Å². The molecule has 6 heteroatoms. The number of hydrazine groups is 2. The standard InChI is InChI=1S/C10H21N3O2Si/c1-7-12-11-8(2)10(16(4,5)6)13(12)15-9(3)14/h11H,7H2,1-6H3. The summed E-state index contributed by atoms with van der Waals surface area (Å²) in [7, 11) is -1.55. The zero-order valence-electron chi connectivity index (χ0n) is 10.9. The zero-order chi connectivity index (χ0) is 12.5. The van der Waals surface area contributed by atoms with E-state index < -0.39 is 8.07 Å². The van der Waals surface area contributed by atoms with E-state index in [0.29, 0.717) is 0 Å². The first-order valence-electron chi connectivity index (χ1n) is 5.51. The third-order valence-electron chi connectivity index (χ3n) is 2.29. The molecule has 0 aromatic rings. The molecule has 92 valence electrons. The van der Waals surface area contributed by atoms with Gasteiger partial charge < -0.3 is 10.3 Å². The van der Waals surface area contributed by atoms with Crippen LogP contribution in [0.15, 0.2) is 11.0 Å². The van der Waals surface area contributed by atoms with E-state index in [1.54, 1.807) is 5.17 Å². The Labute approximate surface area is 97.9 Å². The molecule has 0 bridgehead atoms. The molecule has 16 heavy (non-hydrogen) atoms. The lowest BCUT2D eigenvalue weighted by Gasteiger charge is -2.31. The summed E-state index contributed by atoms with van der Waals surface area (Å²) in [5, 5.41) is 4.54. The van der Waals surface area contributed by atoms with Crippen molar-refractivity contribution in [3.63, 3.8) is 0 Å². The number of allylic oxidation sites excluding steroid dienone is 1. The minimum Gasteiger partial charge on any atom is -0.324 e. The fourth-order valence-electron chi connectivity index (χ4n) is 1.83. The summed E-state index contributed by atoms with van der Waals surface area (Å²) >= 11 is 0. The van der Waals surface area contributed by atoms with E-state index in [1.807, 2.05) is 19.0 Å². The Morgan fingerprint density at radius 2 is 2.00 bits per heavy atom. The highest BCUT2D eigenvalue weighted by Crippen LogP contribution is 2.27. The summed E-state index contributed by atoms with van der Waals surface area (Å²) in [6.45, 7) is 12.8. The topological polar surface area (TPSA) is 44.8 Å². The Hall–Kier alpha value is -1.01. The fraction of sp³-hybridized carbons (Fsp3) is 0.700. The van der Waals surface area contributed by atoms with Crippen molar-refractivity contribution in [1.29, 1.82) is 0 Å². The monoisotopic (exact) mass is 243 g/mol. The lowest BCUT2D eigenvalue weighted by Crippen LogP contribution is -2.47. The minimum absolute atomic E-state index is 0.300. The van der Waals surface area contributed by atoms with Crippen LogP contribution >= 0.6 is 0 Å². The maximum absolute atomic E-state index is 11.1. The minimum atomic E-state index is -1.55. The second-order valence-electron chi connectivity index (χ2n) is 4.91. The first-order valence-corrected chi connectivity index (χ1v) is 9.01. The number of nitrogens with zero attached hydrogens (tertiary/aromatic N) is 2. The van der Waals surface area contributed by atoms with Crippen LogP contribution in [0.2, 0.25) is 19.6 Å². The second-order valence-corrected chi connectivity index (χ2v) is 9.88. The average molecular weight is 243 g/mol. The van der Waals surface area contributed by atoms with E-state index in [9.17, 15) is 4.79 Å². The van der Waals surface area contributed by atoms with Crippen LogP contribution in [0.25, 0.3) is 0 Å². The summed E-state index contributed by atoms with van der Waals surface area (Å²) in [5.41, 5.74) is 4.28. The lowest BCUT2D eigenvalue weighted by molar-refractivity contribution is -0.244. The molecule has 0 aliphatic carbocycles. The van der Waals surface area contributed by atoms with Gasteiger partial charge in [-0.3, -0.25) is 0 Å². The van der Waals surface area contributed by atoms with Gasteiger partial charge in [-0.05, 0) is 13.8 Å². The lowest BCUT2D eigenvalue weighted by atomic mass is 10.6. The van der Waals surface area contributed by atoms with Crippen LogP contribution in [0.5, 0.6) is 0 Å². The van der Waals surface area contributed by atoms with Gasteiger partial charge in [0.2, 0.25) is 0 Å². The van der Waals surface area contributed by atoms with E-state index in [2.05, 4.69) is 25.1 Å². The third kappa shape index (κ3) is 2.56. The van der Waals surface area contributed by atoms with E-state index in [-0.39, 0.29) is 5.97 Å². The summed E-state index contributed by atoms with van der Waals surface area (Å²) in [6, 6.07) is 0. The fourth-order valence-corrected chi connectivity index (χ4v) is 3.75. The van der Waals surface area contributed by atoms with Gasteiger partial charge in [-0.25, -0.2) is 4.79 Å². The first-order chi connectivity index (χ1) is 7.27. The number of hydroxylamine groups is 1. The molecule has 0 saturated carbocycles. The van der Waals surface area contributed by atoms with Crippen LogP contribution in [-0.4, -0.2) is 30.9 Å². The SMILES string of the molecule is CCN1NC(C)=C([Si](C)(C)C)N1OC(C)=O. The van der Waals surface area contributed by atoms with E-state index in [4.69, 9.17) is 4.84 Å². The molecule has 0 aromatic heterocycles. The molecule has 1 aliphatic heterocycles. The first kappa shape index (κ1) is 13.1. The van der Waals surface area contributed by atoms with Gasteiger partial charge in [0.15, 0.2) is 0 Å². The predicted molar refractivity (Wildman–Crippen MR) is 65.2 cm³/mol. The van der Waals surface area contributed by atoms with Gasteiger partial charge in [0, 0.05) is 19.2 Å². The molecule has 0 aromatic carbocycles. The molecule has 1 aliphatic rings. The molecule has 1 heterocycles. The van der Waals surface area contributed by atoms with Crippen LogP contribution in [0.1, 0.15) is 20.8 Å². The van der Waals surface area contributed by atoms with Crippen LogP contribution in [0, 0.1) is 0 Å². The predicted octanol–water partition coefficient (Wildman–Crippen LogP) is 1.63. The molecular weight excluding hydrogens is 222 g/mol. The van der Waals surface area contributed by atoms with Crippen molar-refractivity contribution in [2.75, 3.05) is 6.54 Å². The number of hydrogen-bond acceptors (Lipinski definition) is 5. The highest BCUT2D eigenvalue weighted by atomic mass is 28.3. The Morgan fingerprint density at radius 3 is 2.38 bits per heavy atom. The van der Waals surface area contributed by atoms with Gasteiger partial charge in [0.25, 0.3) is 0 Å². The number of rotatable bonds is 3. The molecule has 1 N–H and O–H groups in total. The summed E-state index contributed by atoms with van der Waals surface area (Å²) < 4.78 is 0. The Balaban J connectivity index is 3.01. The normalized spacial score (nSPS) is 17.8. The van der Waals surface area contributed by atoms with Gasteiger partial charge in [0.1, 0.15) is 8.07 Å². The quantitative estimate of drug-likeness (QED) is 0.763. The molecule has 1 rings (SSSR count). The molecule has 0 unspecified atom stereocenters. The smallest absolute Gasteiger partial charge is 0.324 e. The molecule has 0 atom stereocenters. The van der Waals surface area contributed by atoms with Gasteiger partial charge in [0.05, 0.1) is 5.32 Å². The summed E-state index contributed by atoms with van der Waals surface area (Å²) in [6.07, 6.45) is 0. The number of nitrogens with one attached hydrogen (secondary N) is 1. The number of carbonyl (C=O) groups is 1. The van der Waals surface area contributed by atoms with E-state index >= 15 is 0 Å². The number of carbonyl (C=O) groups excluding carboxylic acids is 1. The van der Waals surface area contributed by atoms with Gasteiger partial charge in [-0.2, -0.15) is 0 Å². The van der Waals surface area contributed by atoms with Crippen molar-refractivity contribution in [1.82, 2.24) is 15.7 Å². The van der Waals surface area contributed by atoms with Crippen molar-refractivity contribution >= 4 is 14.0 Å². The van der Waals surface area contributed by atoms with Crippen molar-refractivity contribution in [3.8, 4) is 0 Å². The van der Waals surface area contributed by atoms with E-state index in [1.165, 1.54) is 6.92 Å². The number of hydrogen-bond donors (Lipinski definition) is 1. The molecule has 0 saturated heterocycles. The average Bonchev–Trinajstić information content (AvgIpc) is 2.39. The molecule has 0 fully saturated rings. The van der Waals surface area contributed by atoms with Crippen molar-refractivity contribution in [3.05, 3.63) is 11.0 Å². The molecule has 0 radical (unpaired) electrons. The summed E-state index contributed by atoms with van der Waals surface area (Å²) in [5.74, 6) is -0.300. The van der Waals surface area contributed by atoms with Crippen molar-refractivity contribution < 1.29 is 9.63 Å². The van der Waals surface area contributed by atoms with Gasteiger partial charge in [-0.1, -0.05) is 19.6 Å². The molecular formula is C10H21N3O2Si. The highest BCUT2D eigenvalue weighted by molar-refractivity contribution is 6.83. The van der Waals surface area contributed by atoms with Crippen LogP contribution < -0.4 is 5.43 Å². The maximum Gasteiger partial charge on any atom is 0.331 e. The van der Waals surface area contributed by atoms with Gasteiger partial charge in [-0.15, -0.1) is 10.3 Å². The Bertz CT molecular complexity index is 323. The third-order valence-corrected chi connectivity index (χ3v) is 4.27. The second kappa shape index (κ2) is 4.46.